The van der Waals surface area contributed by atoms with E-state index in [1.165, 1.54) is 4.90 Å². The van der Waals surface area contributed by atoms with Crippen molar-refractivity contribution in [1.82, 2.24) is 9.47 Å². The molecule has 2 aromatic carbocycles. The van der Waals surface area contributed by atoms with Gasteiger partial charge in [0.15, 0.2) is 0 Å². The van der Waals surface area contributed by atoms with E-state index in [1.54, 1.807) is 35.0 Å². The molecule has 124 valence electrons. The first-order valence-corrected chi connectivity index (χ1v) is 8.21. The van der Waals surface area contributed by atoms with Crippen LogP contribution >= 0.6 is 0 Å². The number of carbonyl (C=O) groups excluding carboxylic acids is 3. The van der Waals surface area contributed by atoms with Crippen molar-refractivity contribution in [2.45, 2.75) is 12.8 Å². The van der Waals surface area contributed by atoms with Crippen molar-refractivity contribution < 1.29 is 14.4 Å². The SMILES string of the molecule is O=C1c2ccccc2C(=O)N1CCCC(=O)n1ccc2ccccc21. The van der Waals surface area contributed by atoms with Crippen LogP contribution in [0, 0.1) is 0 Å². The maximum Gasteiger partial charge on any atom is 0.261 e. The Bertz CT molecular complexity index is 968. The standard InChI is InChI=1S/C20H16N2O3/c23-18(21-13-11-14-6-1-4-9-17(14)21)10-5-12-22-19(24)15-7-2-3-8-16(15)20(22)25/h1-4,6-9,11,13H,5,10,12H2. The predicted octanol–water partition coefficient (Wildman–Crippen LogP) is 3.36. The lowest BCUT2D eigenvalue weighted by Crippen LogP contribution is -2.31. The van der Waals surface area contributed by atoms with Crippen molar-refractivity contribution in [2.24, 2.45) is 0 Å². The Hall–Kier alpha value is -3.21. The van der Waals surface area contributed by atoms with Crippen LogP contribution in [0.5, 0.6) is 0 Å². The summed E-state index contributed by atoms with van der Waals surface area (Å²) in [5.41, 5.74) is 1.75. The summed E-state index contributed by atoms with van der Waals surface area (Å²) in [5, 5.41) is 1.01. The molecule has 0 bridgehead atoms. The first kappa shape index (κ1) is 15.3. The van der Waals surface area contributed by atoms with Gasteiger partial charge in [-0.25, -0.2) is 0 Å². The van der Waals surface area contributed by atoms with Crippen LogP contribution < -0.4 is 0 Å². The maximum absolute atomic E-state index is 12.4. The lowest BCUT2D eigenvalue weighted by molar-refractivity contribution is 0.0644. The molecule has 1 aliphatic rings. The topological polar surface area (TPSA) is 59.4 Å². The summed E-state index contributed by atoms with van der Waals surface area (Å²) >= 11 is 0. The largest absolute Gasteiger partial charge is 0.287 e. The quantitative estimate of drug-likeness (QED) is 0.688. The minimum Gasteiger partial charge on any atom is -0.287 e. The Kier molecular flexibility index (Phi) is 3.69. The van der Waals surface area contributed by atoms with Gasteiger partial charge in [0.05, 0.1) is 16.6 Å². The smallest absolute Gasteiger partial charge is 0.261 e. The van der Waals surface area contributed by atoms with E-state index >= 15 is 0 Å². The number of aromatic nitrogens is 1. The monoisotopic (exact) mass is 332 g/mol. The molecule has 3 aromatic rings. The van der Waals surface area contributed by atoms with Gasteiger partial charge < -0.3 is 0 Å². The average molecular weight is 332 g/mol. The fraction of sp³-hybridized carbons (Fsp3) is 0.150. The highest BCUT2D eigenvalue weighted by molar-refractivity contribution is 6.21. The first-order chi connectivity index (χ1) is 12.2. The van der Waals surface area contributed by atoms with Gasteiger partial charge in [-0.15, -0.1) is 0 Å². The van der Waals surface area contributed by atoms with Crippen LogP contribution in [0.4, 0.5) is 0 Å². The maximum atomic E-state index is 12.4. The summed E-state index contributed by atoms with van der Waals surface area (Å²) in [6, 6.07) is 16.4. The van der Waals surface area contributed by atoms with Crippen LogP contribution in [0.1, 0.15) is 38.4 Å². The van der Waals surface area contributed by atoms with Gasteiger partial charge in [-0.05, 0) is 30.7 Å². The Labute approximate surface area is 144 Å². The molecule has 4 rings (SSSR count). The number of benzene rings is 2. The normalized spacial score (nSPS) is 13.5. The lowest BCUT2D eigenvalue weighted by atomic mass is 10.1. The molecule has 5 nitrogen and oxygen atoms in total. The number of hydrogen-bond donors (Lipinski definition) is 0. The Morgan fingerprint density at radius 2 is 1.48 bits per heavy atom. The molecule has 1 aliphatic heterocycles. The number of nitrogens with zero attached hydrogens (tertiary/aromatic N) is 2. The van der Waals surface area contributed by atoms with Crippen LogP contribution in [0.3, 0.4) is 0 Å². The van der Waals surface area contributed by atoms with Crippen LogP contribution in [0.2, 0.25) is 0 Å². The van der Waals surface area contributed by atoms with Gasteiger partial charge in [-0.3, -0.25) is 23.9 Å². The number of imide groups is 1. The third-order valence-electron chi connectivity index (χ3n) is 4.52. The number of rotatable bonds is 4. The minimum absolute atomic E-state index is 0.0437. The summed E-state index contributed by atoms with van der Waals surface area (Å²) < 4.78 is 1.62. The molecular weight excluding hydrogens is 316 g/mol. The third kappa shape index (κ3) is 2.54. The molecule has 1 aromatic heterocycles. The fourth-order valence-electron chi connectivity index (χ4n) is 3.25. The van der Waals surface area contributed by atoms with Crippen molar-refractivity contribution in [1.29, 1.82) is 0 Å². The lowest BCUT2D eigenvalue weighted by Gasteiger charge is -2.13. The van der Waals surface area contributed by atoms with Gasteiger partial charge in [-0.2, -0.15) is 0 Å². The Morgan fingerprint density at radius 1 is 0.840 bits per heavy atom. The highest BCUT2D eigenvalue weighted by Crippen LogP contribution is 2.23. The van der Waals surface area contributed by atoms with E-state index in [0.717, 1.165) is 10.9 Å². The van der Waals surface area contributed by atoms with Gasteiger partial charge in [-0.1, -0.05) is 30.3 Å². The molecule has 0 radical (unpaired) electrons. The zero-order valence-electron chi connectivity index (χ0n) is 13.5. The van der Waals surface area contributed by atoms with Crippen molar-refractivity contribution in [2.75, 3.05) is 6.54 Å². The molecule has 25 heavy (non-hydrogen) atoms. The molecule has 2 amide bonds. The van der Waals surface area contributed by atoms with E-state index in [2.05, 4.69) is 0 Å². The second-order valence-electron chi connectivity index (χ2n) is 6.05. The van der Waals surface area contributed by atoms with E-state index in [1.807, 2.05) is 30.3 Å². The van der Waals surface area contributed by atoms with E-state index in [-0.39, 0.29) is 30.7 Å². The van der Waals surface area contributed by atoms with Gasteiger partial charge in [0.1, 0.15) is 0 Å². The van der Waals surface area contributed by atoms with Crippen molar-refractivity contribution in [3.05, 3.63) is 71.9 Å². The van der Waals surface area contributed by atoms with Crippen molar-refractivity contribution in [3.63, 3.8) is 0 Å². The predicted molar refractivity (Wildman–Crippen MR) is 93.6 cm³/mol. The van der Waals surface area contributed by atoms with Gasteiger partial charge in [0.2, 0.25) is 5.91 Å². The van der Waals surface area contributed by atoms with E-state index in [0.29, 0.717) is 17.5 Å². The van der Waals surface area contributed by atoms with E-state index in [4.69, 9.17) is 0 Å². The van der Waals surface area contributed by atoms with Crippen LogP contribution in [-0.4, -0.2) is 33.7 Å². The number of carbonyl (C=O) groups is 3. The first-order valence-electron chi connectivity index (χ1n) is 8.21. The average Bonchev–Trinajstić information content (AvgIpc) is 3.17. The summed E-state index contributed by atoms with van der Waals surface area (Å²) in [6.07, 6.45) is 2.47. The van der Waals surface area contributed by atoms with E-state index in [9.17, 15) is 14.4 Å². The molecule has 0 unspecified atom stereocenters. The fourth-order valence-corrected chi connectivity index (χ4v) is 3.25. The molecular formula is C20H16N2O3. The third-order valence-corrected chi connectivity index (χ3v) is 4.52. The second-order valence-corrected chi connectivity index (χ2v) is 6.05. The van der Waals surface area contributed by atoms with E-state index < -0.39 is 0 Å². The van der Waals surface area contributed by atoms with Crippen LogP contribution in [0.15, 0.2) is 60.8 Å². The number of fused-ring (bicyclic) bond motifs is 2. The van der Waals surface area contributed by atoms with Crippen molar-refractivity contribution in [3.8, 4) is 0 Å². The summed E-state index contributed by atoms with van der Waals surface area (Å²) in [4.78, 5) is 38.3. The molecule has 0 fully saturated rings. The molecule has 2 heterocycles. The zero-order chi connectivity index (χ0) is 17.4. The Balaban J connectivity index is 1.42. The molecule has 0 saturated heterocycles. The number of hydrogen-bond acceptors (Lipinski definition) is 3. The van der Waals surface area contributed by atoms with Gasteiger partial charge in [0, 0.05) is 24.5 Å². The van der Waals surface area contributed by atoms with Crippen LogP contribution in [-0.2, 0) is 0 Å². The molecule has 0 saturated carbocycles. The summed E-state index contributed by atoms with van der Waals surface area (Å²) in [6.45, 7) is 0.247. The Morgan fingerprint density at radius 3 is 2.20 bits per heavy atom. The highest BCUT2D eigenvalue weighted by Gasteiger charge is 2.34. The zero-order valence-corrected chi connectivity index (χ0v) is 13.5. The molecule has 0 N–H and O–H groups in total. The molecule has 0 aliphatic carbocycles. The van der Waals surface area contributed by atoms with Gasteiger partial charge >= 0.3 is 0 Å². The minimum atomic E-state index is -0.278. The van der Waals surface area contributed by atoms with Crippen LogP contribution in [0.25, 0.3) is 10.9 Å². The molecule has 0 spiro atoms. The molecule has 0 atom stereocenters. The number of para-hydroxylation sites is 1. The van der Waals surface area contributed by atoms with Gasteiger partial charge in [0.25, 0.3) is 11.8 Å². The second kappa shape index (κ2) is 6.02. The number of amides is 2. The molecule has 5 heteroatoms. The highest BCUT2D eigenvalue weighted by atomic mass is 16.2. The van der Waals surface area contributed by atoms with Crippen molar-refractivity contribution >= 4 is 28.6 Å². The summed E-state index contributed by atoms with van der Waals surface area (Å²) in [5.74, 6) is -0.600. The summed E-state index contributed by atoms with van der Waals surface area (Å²) in [7, 11) is 0.